The summed E-state index contributed by atoms with van der Waals surface area (Å²) in [7, 11) is 0. The van der Waals surface area contributed by atoms with E-state index in [-0.39, 0.29) is 23.1 Å². The molecule has 130 valence electrons. The van der Waals surface area contributed by atoms with Crippen LogP contribution in [-0.2, 0) is 4.79 Å². The number of aromatic carboxylic acids is 1. The van der Waals surface area contributed by atoms with Crippen molar-refractivity contribution in [1.29, 1.82) is 0 Å². The van der Waals surface area contributed by atoms with E-state index in [2.05, 4.69) is 5.32 Å². The molecule has 0 fully saturated rings. The van der Waals surface area contributed by atoms with E-state index in [9.17, 15) is 14.7 Å². The first-order chi connectivity index (χ1) is 12.6. The Morgan fingerprint density at radius 3 is 2.50 bits per heavy atom. The molecular formula is C20H14ClNO3S. The first kappa shape index (κ1) is 16.8. The number of carboxylic acid groups (broad SMARTS) is 1. The van der Waals surface area contributed by atoms with Crippen molar-refractivity contribution < 1.29 is 14.7 Å². The molecule has 0 bridgehead atoms. The third kappa shape index (κ3) is 2.79. The molecule has 4 rings (SSSR count). The predicted molar refractivity (Wildman–Crippen MR) is 103 cm³/mol. The Hall–Kier alpha value is -2.63. The Kier molecular flexibility index (Phi) is 4.26. The van der Waals surface area contributed by atoms with Gasteiger partial charge in [-0.2, -0.15) is 0 Å². The van der Waals surface area contributed by atoms with E-state index in [4.69, 9.17) is 11.6 Å². The second kappa shape index (κ2) is 6.59. The average Bonchev–Trinajstić information content (AvgIpc) is 3.02. The van der Waals surface area contributed by atoms with Crippen LogP contribution in [0.15, 0.2) is 54.6 Å². The SMILES string of the molecule is O=C1CC(c2ccccc2Cl)c2sc(C(=O)O)c(-c3ccccc3)c2N1. The van der Waals surface area contributed by atoms with Crippen LogP contribution in [0.3, 0.4) is 0 Å². The molecule has 1 aliphatic rings. The number of benzene rings is 2. The van der Waals surface area contributed by atoms with Gasteiger partial charge in [0.1, 0.15) is 4.88 Å². The van der Waals surface area contributed by atoms with Gasteiger partial charge in [0.05, 0.1) is 5.69 Å². The fraction of sp³-hybridized carbons (Fsp3) is 0.100. The lowest BCUT2D eigenvalue weighted by Crippen LogP contribution is -2.22. The third-order valence-corrected chi connectivity index (χ3v) is 6.08. The van der Waals surface area contributed by atoms with Gasteiger partial charge in [-0.25, -0.2) is 4.79 Å². The number of hydrogen-bond donors (Lipinski definition) is 2. The number of fused-ring (bicyclic) bond motifs is 1. The van der Waals surface area contributed by atoms with Gasteiger partial charge in [0.25, 0.3) is 0 Å². The van der Waals surface area contributed by atoms with Crippen LogP contribution in [-0.4, -0.2) is 17.0 Å². The molecule has 1 aliphatic heterocycles. The van der Waals surface area contributed by atoms with Gasteiger partial charge in [0.15, 0.2) is 0 Å². The summed E-state index contributed by atoms with van der Waals surface area (Å²) in [6, 6.07) is 16.6. The van der Waals surface area contributed by atoms with Crippen molar-refractivity contribution in [2.45, 2.75) is 12.3 Å². The molecule has 4 nitrogen and oxygen atoms in total. The first-order valence-corrected chi connectivity index (χ1v) is 9.25. The van der Waals surface area contributed by atoms with E-state index in [0.717, 1.165) is 16.0 Å². The summed E-state index contributed by atoms with van der Waals surface area (Å²) in [6.45, 7) is 0. The molecule has 2 aromatic carbocycles. The number of nitrogens with one attached hydrogen (secondary N) is 1. The zero-order valence-electron chi connectivity index (χ0n) is 13.5. The van der Waals surface area contributed by atoms with E-state index >= 15 is 0 Å². The van der Waals surface area contributed by atoms with Crippen LogP contribution in [0.2, 0.25) is 5.02 Å². The number of carboxylic acids is 1. The number of thiophene rings is 1. The summed E-state index contributed by atoms with van der Waals surface area (Å²) in [4.78, 5) is 25.3. The maximum absolute atomic E-state index is 12.4. The second-order valence-corrected chi connectivity index (χ2v) is 7.50. The van der Waals surface area contributed by atoms with Crippen molar-refractivity contribution in [1.82, 2.24) is 0 Å². The largest absolute Gasteiger partial charge is 0.477 e. The molecule has 3 aromatic rings. The fourth-order valence-corrected chi connectivity index (χ4v) is 4.83. The lowest BCUT2D eigenvalue weighted by atomic mass is 9.88. The monoisotopic (exact) mass is 383 g/mol. The van der Waals surface area contributed by atoms with Gasteiger partial charge in [0.2, 0.25) is 5.91 Å². The van der Waals surface area contributed by atoms with Crippen LogP contribution in [0.25, 0.3) is 11.1 Å². The van der Waals surface area contributed by atoms with E-state index in [1.165, 1.54) is 11.3 Å². The van der Waals surface area contributed by atoms with Crippen LogP contribution < -0.4 is 5.32 Å². The van der Waals surface area contributed by atoms with Crippen molar-refractivity contribution in [2.24, 2.45) is 0 Å². The number of hydrogen-bond acceptors (Lipinski definition) is 3. The molecule has 2 heterocycles. The summed E-state index contributed by atoms with van der Waals surface area (Å²) < 4.78 is 0. The molecule has 0 aliphatic carbocycles. The molecule has 1 atom stereocenters. The highest BCUT2D eigenvalue weighted by molar-refractivity contribution is 7.15. The number of amides is 1. The van der Waals surface area contributed by atoms with Gasteiger partial charge in [-0.05, 0) is 17.2 Å². The maximum atomic E-state index is 12.4. The second-order valence-electron chi connectivity index (χ2n) is 6.04. The summed E-state index contributed by atoms with van der Waals surface area (Å²) in [6.07, 6.45) is 0.241. The Labute approximate surface area is 159 Å². The zero-order valence-corrected chi connectivity index (χ0v) is 15.1. The summed E-state index contributed by atoms with van der Waals surface area (Å²) in [5.74, 6) is -1.40. The molecular weight excluding hydrogens is 370 g/mol. The Morgan fingerprint density at radius 2 is 1.81 bits per heavy atom. The molecule has 26 heavy (non-hydrogen) atoms. The first-order valence-electron chi connectivity index (χ1n) is 8.06. The Bertz CT molecular complexity index is 1010. The topological polar surface area (TPSA) is 66.4 Å². The molecule has 1 unspecified atom stereocenters. The van der Waals surface area contributed by atoms with E-state index in [1.807, 2.05) is 48.5 Å². The van der Waals surface area contributed by atoms with Crippen molar-refractivity contribution >= 4 is 40.5 Å². The van der Waals surface area contributed by atoms with E-state index < -0.39 is 5.97 Å². The molecule has 2 N–H and O–H groups in total. The quantitative estimate of drug-likeness (QED) is 0.649. The van der Waals surface area contributed by atoms with Crippen LogP contribution in [0.5, 0.6) is 0 Å². The minimum absolute atomic E-state index is 0.144. The molecule has 0 saturated carbocycles. The smallest absolute Gasteiger partial charge is 0.346 e. The lowest BCUT2D eigenvalue weighted by molar-refractivity contribution is -0.116. The van der Waals surface area contributed by atoms with Gasteiger partial charge >= 0.3 is 5.97 Å². The van der Waals surface area contributed by atoms with E-state index in [0.29, 0.717) is 16.3 Å². The molecule has 0 radical (unpaired) electrons. The summed E-state index contributed by atoms with van der Waals surface area (Å²) in [5, 5.41) is 13.2. The number of rotatable bonds is 3. The van der Waals surface area contributed by atoms with Crippen molar-refractivity contribution in [3.63, 3.8) is 0 Å². The molecule has 0 spiro atoms. The highest BCUT2D eigenvalue weighted by Gasteiger charge is 2.35. The zero-order chi connectivity index (χ0) is 18.3. The summed E-state index contributed by atoms with van der Waals surface area (Å²) >= 11 is 7.56. The van der Waals surface area contributed by atoms with Crippen LogP contribution in [0.1, 0.15) is 32.5 Å². The van der Waals surface area contributed by atoms with Crippen LogP contribution >= 0.6 is 22.9 Å². The van der Waals surface area contributed by atoms with Gasteiger partial charge in [-0.1, -0.05) is 60.1 Å². The minimum Gasteiger partial charge on any atom is -0.477 e. The number of halogens is 1. The fourth-order valence-electron chi connectivity index (χ4n) is 3.33. The highest BCUT2D eigenvalue weighted by Crippen LogP contribution is 2.50. The molecule has 1 amide bonds. The molecule has 1 aromatic heterocycles. The minimum atomic E-state index is -1.00. The number of carbonyl (C=O) groups is 2. The van der Waals surface area contributed by atoms with Crippen molar-refractivity contribution in [3.8, 4) is 11.1 Å². The molecule has 6 heteroatoms. The van der Waals surface area contributed by atoms with E-state index in [1.54, 1.807) is 6.07 Å². The predicted octanol–water partition coefficient (Wildman–Crippen LogP) is 5.24. The number of carbonyl (C=O) groups excluding carboxylic acids is 1. The Balaban J connectivity index is 1.97. The Morgan fingerprint density at radius 1 is 1.12 bits per heavy atom. The van der Waals surface area contributed by atoms with Gasteiger partial charge in [-0.3, -0.25) is 4.79 Å². The summed E-state index contributed by atoms with van der Waals surface area (Å²) in [5.41, 5.74) is 2.74. The highest BCUT2D eigenvalue weighted by atomic mass is 35.5. The normalized spacial score (nSPS) is 16.0. The van der Waals surface area contributed by atoms with Gasteiger partial charge in [0, 0.05) is 27.8 Å². The van der Waals surface area contributed by atoms with Gasteiger partial charge in [-0.15, -0.1) is 11.3 Å². The van der Waals surface area contributed by atoms with Crippen molar-refractivity contribution in [3.05, 3.63) is 74.9 Å². The third-order valence-electron chi connectivity index (χ3n) is 4.44. The van der Waals surface area contributed by atoms with Gasteiger partial charge < -0.3 is 10.4 Å². The number of anilines is 1. The average molecular weight is 384 g/mol. The molecule has 0 saturated heterocycles. The van der Waals surface area contributed by atoms with Crippen molar-refractivity contribution in [2.75, 3.05) is 5.32 Å². The lowest BCUT2D eigenvalue weighted by Gasteiger charge is -2.24. The van der Waals surface area contributed by atoms with Crippen LogP contribution in [0.4, 0.5) is 5.69 Å². The maximum Gasteiger partial charge on any atom is 0.346 e. The standard InChI is InChI=1S/C20H14ClNO3S/c21-14-9-5-4-8-12(14)13-10-15(23)22-17-16(11-6-2-1-3-7-11)19(20(24)25)26-18(13)17/h1-9,13H,10H2,(H,22,23)(H,24,25). The van der Waals surface area contributed by atoms with Crippen LogP contribution in [0, 0.1) is 0 Å².